The van der Waals surface area contributed by atoms with Crippen LogP contribution < -0.4 is 0 Å². The highest BCUT2D eigenvalue weighted by Gasteiger charge is 2.05. The second-order valence-electron chi connectivity index (χ2n) is 3.65. The first-order valence-corrected chi connectivity index (χ1v) is 5.03. The normalized spacial score (nSPS) is 10.1. The lowest BCUT2D eigenvalue weighted by atomic mass is 9.99. The Bertz CT molecular complexity index is 515. The summed E-state index contributed by atoms with van der Waals surface area (Å²) in [7, 11) is 0. The van der Waals surface area contributed by atoms with E-state index in [0.29, 0.717) is 11.1 Å². The molecule has 0 saturated heterocycles. The molecule has 0 heterocycles. The number of aldehydes is 1. The predicted molar refractivity (Wildman–Crippen MR) is 62.0 cm³/mol. The number of hydrogen-bond acceptors (Lipinski definition) is 1. The maximum Gasteiger partial charge on any atom is 0.150 e. The highest BCUT2D eigenvalue weighted by Crippen LogP contribution is 2.24. The van der Waals surface area contributed by atoms with E-state index in [1.165, 1.54) is 6.07 Å². The van der Waals surface area contributed by atoms with Crippen LogP contribution in [-0.2, 0) is 0 Å². The first-order valence-electron chi connectivity index (χ1n) is 5.03. The van der Waals surface area contributed by atoms with Crippen molar-refractivity contribution in [1.82, 2.24) is 0 Å². The van der Waals surface area contributed by atoms with Gasteiger partial charge in [-0.25, -0.2) is 4.39 Å². The van der Waals surface area contributed by atoms with Gasteiger partial charge in [0.25, 0.3) is 0 Å². The third kappa shape index (κ3) is 1.87. The molecule has 0 spiro atoms. The summed E-state index contributed by atoms with van der Waals surface area (Å²) in [6.07, 6.45) is 0.794. The molecule has 0 radical (unpaired) electrons. The van der Waals surface area contributed by atoms with Crippen molar-refractivity contribution < 1.29 is 9.18 Å². The highest BCUT2D eigenvalue weighted by molar-refractivity contribution is 5.77. The van der Waals surface area contributed by atoms with Crippen molar-refractivity contribution in [2.75, 3.05) is 0 Å². The van der Waals surface area contributed by atoms with Gasteiger partial charge in [0.15, 0.2) is 0 Å². The van der Waals surface area contributed by atoms with Crippen LogP contribution in [0.3, 0.4) is 0 Å². The summed E-state index contributed by atoms with van der Waals surface area (Å²) in [4.78, 5) is 10.5. The molecular formula is C14H11FO. The van der Waals surface area contributed by atoms with Crippen LogP contribution in [0, 0.1) is 12.7 Å². The molecular weight excluding hydrogens is 203 g/mol. The van der Waals surface area contributed by atoms with Crippen molar-refractivity contribution >= 4 is 6.29 Å². The number of hydrogen-bond donors (Lipinski definition) is 0. The summed E-state index contributed by atoms with van der Waals surface area (Å²) in [5.74, 6) is -0.211. The van der Waals surface area contributed by atoms with Gasteiger partial charge in [-0.05, 0) is 29.7 Å². The number of carbonyl (C=O) groups is 1. The molecule has 0 atom stereocenters. The van der Waals surface area contributed by atoms with Crippen molar-refractivity contribution in [3.05, 3.63) is 59.4 Å². The van der Waals surface area contributed by atoms with Gasteiger partial charge in [-0.1, -0.05) is 36.4 Å². The van der Waals surface area contributed by atoms with E-state index >= 15 is 0 Å². The molecule has 2 rings (SSSR count). The minimum Gasteiger partial charge on any atom is -0.298 e. The smallest absolute Gasteiger partial charge is 0.150 e. The zero-order valence-electron chi connectivity index (χ0n) is 8.91. The van der Waals surface area contributed by atoms with Crippen LogP contribution in [0.25, 0.3) is 11.1 Å². The maximum absolute atomic E-state index is 13.4. The molecule has 0 aliphatic rings. The fourth-order valence-corrected chi connectivity index (χ4v) is 1.66. The monoisotopic (exact) mass is 214 g/mol. The van der Waals surface area contributed by atoms with E-state index in [4.69, 9.17) is 0 Å². The molecule has 0 amide bonds. The minimum atomic E-state index is -0.211. The molecule has 0 unspecified atom stereocenters. The second-order valence-corrected chi connectivity index (χ2v) is 3.65. The minimum absolute atomic E-state index is 0.211. The Morgan fingerprint density at radius 3 is 2.38 bits per heavy atom. The lowest BCUT2D eigenvalue weighted by Gasteiger charge is -2.06. The SMILES string of the molecule is Cc1c(F)cccc1-c1ccc(C=O)cc1. The molecule has 0 N–H and O–H groups in total. The molecule has 2 aromatic rings. The van der Waals surface area contributed by atoms with Crippen LogP contribution in [0.5, 0.6) is 0 Å². The average molecular weight is 214 g/mol. The molecule has 0 aromatic heterocycles. The van der Waals surface area contributed by atoms with Gasteiger partial charge >= 0.3 is 0 Å². The summed E-state index contributed by atoms with van der Waals surface area (Å²) >= 11 is 0. The van der Waals surface area contributed by atoms with E-state index in [9.17, 15) is 9.18 Å². The molecule has 1 nitrogen and oxygen atoms in total. The van der Waals surface area contributed by atoms with Crippen LogP contribution in [-0.4, -0.2) is 6.29 Å². The number of rotatable bonds is 2. The Morgan fingerprint density at radius 2 is 1.75 bits per heavy atom. The van der Waals surface area contributed by atoms with Crippen molar-refractivity contribution in [1.29, 1.82) is 0 Å². The van der Waals surface area contributed by atoms with Gasteiger partial charge in [-0.3, -0.25) is 4.79 Å². The number of benzene rings is 2. The van der Waals surface area contributed by atoms with Gasteiger partial charge in [-0.2, -0.15) is 0 Å². The third-order valence-corrected chi connectivity index (χ3v) is 2.63. The van der Waals surface area contributed by atoms with Crippen LogP contribution in [0.15, 0.2) is 42.5 Å². The molecule has 2 heteroatoms. The largest absolute Gasteiger partial charge is 0.298 e. The van der Waals surface area contributed by atoms with Crippen LogP contribution in [0.1, 0.15) is 15.9 Å². The molecule has 0 bridgehead atoms. The second kappa shape index (κ2) is 4.27. The van der Waals surface area contributed by atoms with Crippen LogP contribution in [0.4, 0.5) is 4.39 Å². The Kier molecular flexibility index (Phi) is 2.82. The van der Waals surface area contributed by atoms with Crippen molar-refractivity contribution in [3.63, 3.8) is 0 Å². The molecule has 2 aromatic carbocycles. The summed E-state index contributed by atoms with van der Waals surface area (Å²) in [6, 6.07) is 12.1. The first kappa shape index (κ1) is 10.6. The third-order valence-electron chi connectivity index (χ3n) is 2.63. The first-order chi connectivity index (χ1) is 7.72. The van der Waals surface area contributed by atoms with Gasteiger partial charge in [0.2, 0.25) is 0 Å². The zero-order valence-corrected chi connectivity index (χ0v) is 8.91. The van der Waals surface area contributed by atoms with Crippen LogP contribution >= 0.6 is 0 Å². The molecule has 16 heavy (non-hydrogen) atoms. The Hall–Kier alpha value is -1.96. The van der Waals surface area contributed by atoms with Gasteiger partial charge in [0, 0.05) is 5.56 Å². The fraction of sp³-hybridized carbons (Fsp3) is 0.0714. The van der Waals surface area contributed by atoms with E-state index < -0.39 is 0 Å². The van der Waals surface area contributed by atoms with Gasteiger partial charge in [0.1, 0.15) is 12.1 Å². The van der Waals surface area contributed by atoms with Crippen molar-refractivity contribution in [3.8, 4) is 11.1 Å². The summed E-state index contributed by atoms with van der Waals surface area (Å²) in [5.41, 5.74) is 3.03. The molecule has 0 saturated carbocycles. The Morgan fingerprint density at radius 1 is 1.06 bits per heavy atom. The molecule has 0 aliphatic carbocycles. The topological polar surface area (TPSA) is 17.1 Å². The van der Waals surface area contributed by atoms with E-state index in [1.807, 2.05) is 18.2 Å². The summed E-state index contributed by atoms with van der Waals surface area (Å²) in [6.45, 7) is 1.75. The van der Waals surface area contributed by atoms with Gasteiger partial charge in [0.05, 0.1) is 0 Å². The number of carbonyl (C=O) groups excluding carboxylic acids is 1. The van der Waals surface area contributed by atoms with Crippen molar-refractivity contribution in [2.24, 2.45) is 0 Å². The van der Waals surface area contributed by atoms with E-state index in [2.05, 4.69) is 0 Å². The fourth-order valence-electron chi connectivity index (χ4n) is 1.66. The maximum atomic E-state index is 13.4. The lowest BCUT2D eigenvalue weighted by Crippen LogP contribution is -1.88. The summed E-state index contributed by atoms with van der Waals surface area (Å²) in [5, 5.41) is 0. The predicted octanol–water partition coefficient (Wildman–Crippen LogP) is 3.61. The molecule has 80 valence electrons. The van der Waals surface area contributed by atoms with Gasteiger partial charge < -0.3 is 0 Å². The van der Waals surface area contributed by atoms with E-state index in [1.54, 1.807) is 25.1 Å². The average Bonchev–Trinajstić information content (AvgIpc) is 2.33. The molecule has 0 fully saturated rings. The number of halogens is 1. The molecule has 0 aliphatic heterocycles. The Labute approximate surface area is 93.5 Å². The van der Waals surface area contributed by atoms with Crippen LogP contribution in [0.2, 0.25) is 0 Å². The van der Waals surface area contributed by atoms with E-state index in [-0.39, 0.29) is 5.82 Å². The van der Waals surface area contributed by atoms with Crippen molar-refractivity contribution in [2.45, 2.75) is 6.92 Å². The Balaban J connectivity index is 2.50. The standard InChI is InChI=1S/C14H11FO/c1-10-13(3-2-4-14(10)15)12-7-5-11(9-16)6-8-12/h2-9H,1H3. The highest BCUT2D eigenvalue weighted by atomic mass is 19.1. The summed E-state index contributed by atoms with van der Waals surface area (Å²) < 4.78 is 13.4. The zero-order chi connectivity index (χ0) is 11.5. The van der Waals surface area contributed by atoms with E-state index in [0.717, 1.165) is 17.4 Å². The lowest BCUT2D eigenvalue weighted by molar-refractivity contribution is 0.112. The quantitative estimate of drug-likeness (QED) is 0.698. The van der Waals surface area contributed by atoms with Gasteiger partial charge in [-0.15, -0.1) is 0 Å².